The smallest absolute Gasteiger partial charge is 0.261 e. The number of thiophene rings is 1. The number of carbonyl (C=O) groups excluding carboxylic acids is 1. The van der Waals surface area contributed by atoms with Gasteiger partial charge in [-0.25, -0.2) is 4.98 Å². The molecule has 3 aromatic rings. The lowest BCUT2D eigenvalue weighted by Crippen LogP contribution is -2.21. The lowest BCUT2D eigenvalue weighted by atomic mass is 10.1. The monoisotopic (exact) mass is 314 g/mol. The number of hydrogen-bond donors (Lipinski definition) is 1. The van der Waals surface area contributed by atoms with Gasteiger partial charge in [-0.3, -0.25) is 4.79 Å². The van der Waals surface area contributed by atoms with Crippen molar-refractivity contribution in [2.24, 2.45) is 0 Å². The SMILES string of the molecule is Cc1ccccc1-c1nc(CNC(=O)c2cccs2)cs1. The molecule has 1 amide bonds. The van der Waals surface area contributed by atoms with Crippen molar-refractivity contribution in [1.82, 2.24) is 10.3 Å². The van der Waals surface area contributed by atoms with E-state index in [4.69, 9.17) is 0 Å². The van der Waals surface area contributed by atoms with E-state index in [1.165, 1.54) is 16.9 Å². The molecular weight excluding hydrogens is 300 g/mol. The molecule has 2 heterocycles. The van der Waals surface area contributed by atoms with E-state index in [1.807, 2.05) is 35.0 Å². The zero-order valence-electron chi connectivity index (χ0n) is 11.5. The summed E-state index contributed by atoms with van der Waals surface area (Å²) in [5.74, 6) is -0.0459. The molecule has 1 aromatic carbocycles. The molecule has 0 unspecified atom stereocenters. The van der Waals surface area contributed by atoms with Gasteiger partial charge in [-0.05, 0) is 23.9 Å². The number of carbonyl (C=O) groups is 1. The van der Waals surface area contributed by atoms with E-state index in [0.717, 1.165) is 21.1 Å². The number of benzene rings is 1. The number of thiazole rings is 1. The molecule has 0 atom stereocenters. The molecule has 0 bridgehead atoms. The molecule has 21 heavy (non-hydrogen) atoms. The molecule has 0 spiro atoms. The maximum atomic E-state index is 11.9. The second kappa shape index (κ2) is 6.20. The van der Waals surface area contributed by atoms with Crippen molar-refractivity contribution in [3.8, 4) is 10.6 Å². The van der Waals surface area contributed by atoms with Crippen LogP contribution in [0.5, 0.6) is 0 Å². The summed E-state index contributed by atoms with van der Waals surface area (Å²) in [4.78, 5) is 17.2. The molecule has 0 aliphatic carbocycles. The Bertz CT molecular complexity index is 747. The highest BCUT2D eigenvalue weighted by atomic mass is 32.1. The molecule has 0 saturated heterocycles. The summed E-state index contributed by atoms with van der Waals surface area (Å²) >= 11 is 3.05. The highest BCUT2D eigenvalue weighted by molar-refractivity contribution is 7.13. The van der Waals surface area contributed by atoms with E-state index in [2.05, 4.69) is 29.4 Å². The van der Waals surface area contributed by atoms with E-state index in [9.17, 15) is 4.79 Å². The molecule has 5 heteroatoms. The maximum Gasteiger partial charge on any atom is 0.261 e. The Morgan fingerprint density at radius 1 is 1.19 bits per heavy atom. The standard InChI is InChI=1S/C16H14N2OS2/c1-11-5-2-3-6-13(11)16-18-12(10-21-16)9-17-15(19)14-7-4-8-20-14/h2-8,10H,9H2,1H3,(H,17,19). The minimum Gasteiger partial charge on any atom is -0.346 e. The summed E-state index contributed by atoms with van der Waals surface area (Å²) in [6.07, 6.45) is 0. The maximum absolute atomic E-state index is 11.9. The van der Waals surface area contributed by atoms with E-state index >= 15 is 0 Å². The van der Waals surface area contributed by atoms with Gasteiger partial charge in [-0.1, -0.05) is 30.3 Å². The van der Waals surface area contributed by atoms with Crippen molar-refractivity contribution in [3.63, 3.8) is 0 Å². The minimum absolute atomic E-state index is 0.0459. The zero-order valence-corrected chi connectivity index (χ0v) is 13.1. The molecule has 106 valence electrons. The molecule has 3 rings (SSSR count). The van der Waals surface area contributed by atoms with Crippen molar-refractivity contribution < 1.29 is 4.79 Å². The van der Waals surface area contributed by atoms with Gasteiger partial charge in [0.25, 0.3) is 5.91 Å². The second-order valence-corrected chi connectivity index (χ2v) is 6.42. The van der Waals surface area contributed by atoms with Crippen molar-refractivity contribution in [2.45, 2.75) is 13.5 Å². The Balaban J connectivity index is 1.69. The third kappa shape index (κ3) is 3.20. The van der Waals surface area contributed by atoms with Crippen molar-refractivity contribution in [3.05, 3.63) is 63.3 Å². The molecule has 3 nitrogen and oxygen atoms in total. The summed E-state index contributed by atoms with van der Waals surface area (Å²) in [6, 6.07) is 11.9. The van der Waals surface area contributed by atoms with E-state index in [-0.39, 0.29) is 5.91 Å². The molecule has 0 aliphatic rings. The van der Waals surface area contributed by atoms with Crippen LogP contribution in [0.1, 0.15) is 20.9 Å². The highest BCUT2D eigenvalue weighted by Gasteiger charge is 2.09. The Hall–Kier alpha value is -1.98. The van der Waals surface area contributed by atoms with Crippen molar-refractivity contribution in [2.75, 3.05) is 0 Å². The fourth-order valence-corrected chi connectivity index (χ4v) is 3.54. The van der Waals surface area contributed by atoms with Crippen LogP contribution in [0.2, 0.25) is 0 Å². The van der Waals surface area contributed by atoms with Crippen molar-refractivity contribution >= 4 is 28.6 Å². The summed E-state index contributed by atoms with van der Waals surface area (Å²) in [5.41, 5.74) is 3.25. The Kier molecular flexibility index (Phi) is 4.13. The average Bonchev–Trinajstić information content (AvgIpc) is 3.17. The summed E-state index contributed by atoms with van der Waals surface area (Å²) in [5, 5.41) is 7.78. The molecule has 0 saturated carbocycles. The Morgan fingerprint density at radius 2 is 2.05 bits per heavy atom. The molecule has 0 radical (unpaired) electrons. The lowest BCUT2D eigenvalue weighted by Gasteiger charge is -2.01. The van der Waals surface area contributed by atoms with Crippen LogP contribution >= 0.6 is 22.7 Å². The molecular formula is C16H14N2OS2. The van der Waals surface area contributed by atoms with Crippen LogP contribution in [0, 0.1) is 6.92 Å². The van der Waals surface area contributed by atoms with Gasteiger partial charge in [0.2, 0.25) is 0 Å². The first kappa shape index (κ1) is 14.0. The molecule has 2 aromatic heterocycles. The fraction of sp³-hybridized carbons (Fsp3) is 0.125. The number of aromatic nitrogens is 1. The van der Waals surface area contributed by atoms with Gasteiger partial charge < -0.3 is 5.32 Å². The van der Waals surface area contributed by atoms with Crippen LogP contribution in [0.4, 0.5) is 0 Å². The van der Waals surface area contributed by atoms with Gasteiger partial charge in [0.05, 0.1) is 17.1 Å². The van der Waals surface area contributed by atoms with Gasteiger partial charge in [0.15, 0.2) is 0 Å². The first-order chi connectivity index (χ1) is 10.2. The number of hydrogen-bond acceptors (Lipinski definition) is 4. The van der Waals surface area contributed by atoms with Gasteiger partial charge >= 0.3 is 0 Å². The van der Waals surface area contributed by atoms with E-state index in [0.29, 0.717) is 6.54 Å². The van der Waals surface area contributed by atoms with Crippen LogP contribution in [-0.2, 0) is 6.54 Å². The first-order valence-corrected chi connectivity index (χ1v) is 8.32. The quantitative estimate of drug-likeness (QED) is 0.787. The summed E-state index contributed by atoms with van der Waals surface area (Å²) in [7, 11) is 0. The third-order valence-corrected chi connectivity index (χ3v) is 4.90. The van der Waals surface area contributed by atoms with Gasteiger partial charge in [0.1, 0.15) is 5.01 Å². The zero-order chi connectivity index (χ0) is 14.7. The summed E-state index contributed by atoms with van der Waals surface area (Å²) < 4.78 is 0. The van der Waals surface area contributed by atoms with Gasteiger partial charge in [-0.2, -0.15) is 0 Å². The van der Waals surface area contributed by atoms with Gasteiger partial charge in [-0.15, -0.1) is 22.7 Å². The van der Waals surface area contributed by atoms with Crippen LogP contribution in [0.25, 0.3) is 10.6 Å². The Morgan fingerprint density at radius 3 is 2.81 bits per heavy atom. The number of aryl methyl sites for hydroxylation is 1. The number of rotatable bonds is 4. The van der Waals surface area contributed by atoms with Gasteiger partial charge in [0, 0.05) is 10.9 Å². The number of amides is 1. The lowest BCUT2D eigenvalue weighted by molar-refractivity contribution is 0.0954. The van der Waals surface area contributed by atoms with E-state index in [1.54, 1.807) is 11.3 Å². The second-order valence-electron chi connectivity index (χ2n) is 4.62. The number of nitrogens with zero attached hydrogens (tertiary/aromatic N) is 1. The predicted molar refractivity (Wildman–Crippen MR) is 87.8 cm³/mol. The predicted octanol–water partition coefficient (Wildman–Crippen LogP) is 4.11. The highest BCUT2D eigenvalue weighted by Crippen LogP contribution is 2.26. The van der Waals surface area contributed by atoms with Crippen LogP contribution in [0.15, 0.2) is 47.2 Å². The van der Waals surface area contributed by atoms with Crippen LogP contribution in [0.3, 0.4) is 0 Å². The average molecular weight is 314 g/mol. The Labute approximate surface area is 131 Å². The van der Waals surface area contributed by atoms with Crippen molar-refractivity contribution in [1.29, 1.82) is 0 Å². The molecule has 0 aliphatic heterocycles. The van der Waals surface area contributed by atoms with Crippen LogP contribution in [-0.4, -0.2) is 10.9 Å². The van der Waals surface area contributed by atoms with Crippen LogP contribution < -0.4 is 5.32 Å². The molecule has 1 N–H and O–H groups in total. The first-order valence-electron chi connectivity index (χ1n) is 6.56. The minimum atomic E-state index is -0.0459. The normalized spacial score (nSPS) is 10.5. The van der Waals surface area contributed by atoms with E-state index < -0.39 is 0 Å². The molecule has 0 fully saturated rings. The summed E-state index contributed by atoms with van der Waals surface area (Å²) in [6.45, 7) is 2.54. The largest absolute Gasteiger partial charge is 0.346 e. The fourth-order valence-electron chi connectivity index (χ4n) is 1.99. The number of nitrogens with one attached hydrogen (secondary N) is 1. The topological polar surface area (TPSA) is 42.0 Å². The third-order valence-electron chi connectivity index (χ3n) is 3.10.